The van der Waals surface area contributed by atoms with Crippen LogP contribution in [0.4, 0.5) is 4.79 Å². The van der Waals surface area contributed by atoms with E-state index in [-0.39, 0.29) is 11.9 Å². The number of amides is 3. The number of urea groups is 1. The molecule has 0 spiro atoms. The standard InChI is InChI=1S/C24H29N3O4/c1-17-12-14-26(15-13-17)16-27-22(28)24(25-23(27)29,18-4-8-20(30-2)9-5-18)19-6-10-21(31-3)11-7-19/h4-11,17H,12-16H2,1-3H3,(H,25,29)/p+1. The van der Waals surface area contributed by atoms with Gasteiger partial charge in [0.05, 0.1) is 27.3 Å². The zero-order chi connectivity index (χ0) is 22.0. The van der Waals surface area contributed by atoms with Gasteiger partial charge in [0.1, 0.15) is 11.5 Å². The summed E-state index contributed by atoms with van der Waals surface area (Å²) >= 11 is 0. The van der Waals surface area contributed by atoms with E-state index < -0.39 is 5.54 Å². The molecule has 0 radical (unpaired) electrons. The molecule has 2 heterocycles. The van der Waals surface area contributed by atoms with Crippen LogP contribution in [0.25, 0.3) is 0 Å². The second-order valence-corrected chi connectivity index (χ2v) is 8.46. The highest BCUT2D eigenvalue weighted by Gasteiger charge is 2.54. The molecule has 0 aromatic heterocycles. The number of rotatable bonds is 6. The molecule has 3 amide bonds. The highest BCUT2D eigenvalue weighted by molar-refractivity contribution is 6.09. The smallest absolute Gasteiger partial charge is 0.330 e. The summed E-state index contributed by atoms with van der Waals surface area (Å²) in [5.41, 5.74) is 0.112. The summed E-state index contributed by atoms with van der Waals surface area (Å²) in [6.45, 7) is 4.57. The number of quaternary nitrogens is 1. The lowest BCUT2D eigenvalue weighted by molar-refractivity contribution is -0.913. The number of nitrogens with one attached hydrogen (secondary N) is 2. The lowest BCUT2D eigenvalue weighted by Gasteiger charge is -2.31. The van der Waals surface area contributed by atoms with Crippen LogP contribution in [-0.4, -0.2) is 50.8 Å². The maximum Gasteiger partial charge on any atom is 0.330 e. The van der Waals surface area contributed by atoms with Crippen LogP contribution in [0.3, 0.4) is 0 Å². The maximum atomic E-state index is 13.9. The third kappa shape index (κ3) is 3.85. The van der Waals surface area contributed by atoms with Crippen molar-refractivity contribution in [1.82, 2.24) is 10.2 Å². The molecule has 4 rings (SSSR count). The van der Waals surface area contributed by atoms with Crippen molar-refractivity contribution in [3.63, 3.8) is 0 Å². The normalized spacial score (nSPS) is 22.9. The molecular formula is C24H30N3O4+. The van der Waals surface area contributed by atoms with Gasteiger partial charge in [0.25, 0.3) is 5.91 Å². The minimum absolute atomic E-state index is 0.251. The van der Waals surface area contributed by atoms with Crippen molar-refractivity contribution in [3.8, 4) is 11.5 Å². The van der Waals surface area contributed by atoms with E-state index in [4.69, 9.17) is 9.47 Å². The van der Waals surface area contributed by atoms with Crippen LogP contribution >= 0.6 is 0 Å². The average Bonchev–Trinajstić information content (AvgIpc) is 3.06. The largest absolute Gasteiger partial charge is 0.497 e. The molecule has 7 heteroatoms. The first kappa shape index (κ1) is 21.2. The highest BCUT2D eigenvalue weighted by Crippen LogP contribution is 2.37. The van der Waals surface area contributed by atoms with Crippen LogP contribution in [0.15, 0.2) is 48.5 Å². The lowest BCUT2D eigenvalue weighted by Crippen LogP contribution is -3.14. The highest BCUT2D eigenvalue weighted by atomic mass is 16.5. The third-order valence-corrected chi connectivity index (χ3v) is 6.51. The molecule has 2 aliphatic heterocycles. The van der Waals surface area contributed by atoms with Crippen LogP contribution in [0.1, 0.15) is 30.9 Å². The number of piperidine rings is 1. The van der Waals surface area contributed by atoms with Gasteiger partial charge < -0.3 is 19.7 Å². The van der Waals surface area contributed by atoms with Crippen LogP contribution in [0, 0.1) is 5.92 Å². The van der Waals surface area contributed by atoms with Gasteiger partial charge in [-0.3, -0.25) is 4.79 Å². The Morgan fingerprint density at radius 2 is 1.42 bits per heavy atom. The Balaban J connectivity index is 1.71. The number of imide groups is 1. The molecule has 2 saturated heterocycles. The number of methoxy groups -OCH3 is 2. The minimum Gasteiger partial charge on any atom is -0.497 e. The van der Waals surface area contributed by atoms with Gasteiger partial charge in [0, 0.05) is 0 Å². The number of carbonyl (C=O) groups is 2. The number of hydrogen-bond donors (Lipinski definition) is 2. The molecule has 7 nitrogen and oxygen atoms in total. The van der Waals surface area contributed by atoms with Crippen molar-refractivity contribution in [3.05, 3.63) is 59.7 Å². The molecule has 2 aromatic rings. The van der Waals surface area contributed by atoms with E-state index in [1.54, 1.807) is 38.5 Å². The van der Waals surface area contributed by atoms with Gasteiger partial charge in [-0.2, -0.15) is 0 Å². The van der Waals surface area contributed by atoms with Crippen molar-refractivity contribution in [1.29, 1.82) is 0 Å². The molecule has 2 aliphatic rings. The predicted octanol–water partition coefficient (Wildman–Crippen LogP) is 1.77. The van der Waals surface area contributed by atoms with E-state index in [1.165, 1.54) is 9.80 Å². The molecular weight excluding hydrogens is 394 g/mol. The first-order chi connectivity index (χ1) is 15.0. The average molecular weight is 425 g/mol. The Bertz CT molecular complexity index is 887. The Labute approximate surface area is 182 Å². The van der Waals surface area contributed by atoms with Gasteiger partial charge in [-0.15, -0.1) is 0 Å². The van der Waals surface area contributed by atoms with Crippen molar-refractivity contribution < 1.29 is 24.0 Å². The van der Waals surface area contributed by atoms with Gasteiger partial charge in [0.2, 0.25) is 0 Å². The van der Waals surface area contributed by atoms with E-state index in [0.29, 0.717) is 35.2 Å². The Kier molecular flexibility index (Phi) is 5.87. The van der Waals surface area contributed by atoms with Gasteiger partial charge in [0.15, 0.2) is 12.2 Å². The number of hydrogen-bond acceptors (Lipinski definition) is 4. The molecule has 164 valence electrons. The number of benzene rings is 2. The fourth-order valence-electron chi connectivity index (χ4n) is 4.51. The van der Waals surface area contributed by atoms with Gasteiger partial charge in [-0.05, 0) is 54.2 Å². The maximum absolute atomic E-state index is 13.9. The minimum atomic E-state index is -1.28. The summed E-state index contributed by atoms with van der Waals surface area (Å²) in [6, 6.07) is 14.2. The van der Waals surface area contributed by atoms with E-state index >= 15 is 0 Å². The molecule has 2 fully saturated rings. The monoisotopic (exact) mass is 424 g/mol. The molecule has 0 saturated carbocycles. The van der Waals surface area contributed by atoms with Crippen molar-refractivity contribution >= 4 is 11.9 Å². The Hall–Kier alpha value is -3.06. The topological polar surface area (TPSA) is 72.3 Å². The summed E-state index contributed by atoms with van der Waals surface area (Å²) in [7, 11) is 3.20. The molecule has 31 heavy (non-hydrogen) atoms. The number of carbonyl (C=O) groups excluding carboxylic acids is 2. The fraction of sp³-hybridized carbons (Fsp3) is 0.417. The fourth-order valence-corrected chi connectivity index (χ4v) is 4.51. The zero-order valence-electron chi connectivity index (χ0n) is 18.3. The molecule has 0 unspecified atom stereocenters. The Morgan fingerprint density at radius 3 is 1.87 bits per heavy atom. The number of ether oxygens (including phenoxy) is 2. The molecule has 2 N–H and O–H groups in total. The molecule has 0 atom stereocenters. The molecule has 0 aliphatic carbocycles. The summed E-state index contributed by atoms with van der Waals surface area (Å²) < 4.78 is 10.6. The van der Waals surface area contributed by atoms with Crippen molar-refractivity contribution in [2.75, 3.05) is 34.0 Å². The molecule has 2 aromatic carbocycles. The van der Waals surface area contributed by atoms with E-state index in [1.807, 2.05) is 24.3 Å². The van der Waals surface area contributed by atoms with E-state index in [0.717, 1.165) is 25.9 Å². The van der Waals surface area contributed by atoms with Crippen LogP contribution < -0.4 is 19.7 Å². The number of likely N-dealkylation sites (tertiary alicyclic amines) is 1. The summed E-state index contributed by atoms with van der Waals surface area (Å²) in [4.78, 5) is 29.6. The van der Waals surface area contributed by atoms with Crippen molar-refractivity contribution in [2.45, 2.75) is 25.3 Å². The van der Waals surface area contributed by atoms with Gasteiger partial charge in [-0.1, -0.05) is 31.2 Å². The third-order valence-electron chi connectivity index (χ3n) is 6.51. The van der Waals surface area contributed by atoms with Crippen molar-refractivity contribution in [2.24, 2.45) is 5.92 Å². The SMILES string of the molecule is COc1ccc(C2(c3ccc(OC)cc3)NC(=O)N(C[NH+]3CCC(C)CC3)C2=O)cc1. The summed E-state index contributed by atoms with van der Waals surface area (Å²) in [5, 5.41) is 3.02. The summed E-state index contributed by atoms with van der Waals surface area (Å²) in [6.07, 6.45) is 2.22. The Morgan fingerprint density at radius 1 is 0.935 bits per heavy atom. The zero-order valence-corrected chi connectivity index (χ0v) is 18.3. The quantitative estimate of drug-likeness (QED) is 0.694. The van der Waals surface area contributed by atoms with E-state index in [2.05, 4.69) is 12.2 Å². The lowest BCUT2D eigenvalue weighted by atomic mass is 9.82. The van der Waals surface area contributed by atoms with E-state index in [9.17, 15) is 9.59 Å². The second kappa shape index (κ2) is 8.59. The predicted molar refractivity (Wildman–Crippen MR) is 116 cm³/mol. The first-order valence-electron chi connectivity index (χ1n) is 10.7. The summed E-state index contributed by atoms with van der Waals surface area (Å²) in [5.74, 6) is 1.83. The van der Waals surface area contributed by atoms with Crippen LogP contribution in [0.2, 0.25) is 0 Å². The number of nitrogens with zero attached hydrogens (tertiary/aromatic N) is 1. The van der Waals surface area contributed by atoms with Gasteiger partial charge >= 0.3 is 6.03 Å². The second-order valence-electron chi connectivity index (χ2n) is 8.46. The molecule has 0 bridgehead atoms. The van der Waals surface area contributed by atoms with Gasteiger partial charge in [-0.25, -0.2) is 9.69 Å². The van der Waals surface area contributed by atoms with Crippen LogP contribution in [0.5, 0.6) is 11.5 Å². The first-order valence-corrected chi connectivity index (χ1v) is 10.7. The van der Waals surface area contributed by atoms with Crippen LogP contribution in [-0.2, 0) is 10.3 Å².